The second-order valence-electron chi connectivity index (χ2n) is 4.26. The van der Waals surface area contributed by atoms with Crippen LogP contribution < -0.4 is 5.32 Å². The predicted octanol–water partition coefficient (Wildman–Crippen LogP) is 1.55. The number of nitrogens with one attached hydrogen (secondary N) is 1. The number of aryl methyl sites for hydroxylation is 2. The molecular weight excluding hydrogens is 216 g/mol. The summed E-state index contributed by atoms with van der Waals surface area (Å²) in [7, 11) is 0. The van der Waals surface area contributed by atoms with Gasteiger partial charge < -0.3 is 9.84 Å². The molecule has 1 aliphatic rings. The maximum Gasteiger partial charge on any atom is 0.240 e. The molecule has 2 heterocycles. The molecule has 1 atom stereocenters. The van der Waals surface area contributed by atoms with Crippen molar-refractivity contribution in [2.45, 2.75) is 32.4 Å². The molecule has 1 aliphatic carbocycles. The number of aromatic nitrogens is 3. The highest BCUT2D eigenvalue weighted by molar-refractivity contribution is 5.27. The average Bonchev–Trinajstić information content (AvgIpc) is 2.93. The van der Waals surface area contributed by atoms with Crippen molar-refractivity contribution in [1.29, 1.82) is 0 Å². The summed E-state index contributed by atoms with van der Waals surface area (Å²) < 4.78 is 5.07. The Bertz CT molecular complexity index is 523. The van der Waals surface area contributed by atoms with Gasteiger partial charge in [-0.15, -0.1) is 0 Å². The van der Waals surface area contributed by atoms with Crippen LogP contribution in [0.15, 0.2) is 22.9 Å². The third-order valence-electron chi connectivity index (χ3n) is 3.03. The van der Waals surface area contributed by atoms with E-state index in [1.807, 2.05) is 19.2 Å². The normalized spacial score (nSPS) is 18.3. The van der Waals surface area contributed by atoms with Gasteiger partial charge in [0.15, 0.2) is 5.82 Å². The van der Waals surface area contributed by atoms with E-state index in [1.165, 1.54) is 5.56 Å². The second kappa shape index (κ2) is 4.25. The fourth-order valence-electron chi connectivity index (χ4n) is 2.23. The lowest BCUT2D eigenvalue weighted by Crippen LogP contribution is -2.19. The standard InChI is InChI=1S/C12H14N4O/c1-8-15-11(17-16-8)7-14-10-5-4-9-3-2-6-13-12(9)10/h2-3,6,10,14H,4-5,7H2,1H3. The summed E-state index contributed by atoms with van der Waals surface area (Å²) in [5.41, 5.74) is 2.50. The summed E-state index contributed by atoms with van der Waals surface area (Å²) in [4.78, 5) is 8.60. The zero-order valence-corrected chi connectivity index (χ0v) is 9.68. The highest BCUT2D eigenvalue weighted by Crippen LogP contribution is 2.28. The van der Waals surface area contributed by atoms with Gasteiger partial charge >= 0.3 is 0 Å². The SMILES string of the molecule is Cc1noc(CNC2CCc3cccnc32)n1. The van der Waals surface area contributed by atoms with Gasteiger partial charge in [0.2, 0.25) is 5.89 Å². The summed E-state index contributed by atoms with van der Waals surface area (Å²) in [6, 6.07) is 4.43. The number of hydrogen-bond acceptors (Lipinski definition) is 5. The molecule has 0 aliphatic heterocycles. The van der Waals surface area contributed by atoms with Gasteiger partial charge in [-0.2, -0.15) is 4.98 Å². The van der Waals surface area contributed by atoms with Crippen LogP contribution in [0.5, 0.6) is 0 Å². The molecule has 0 saturated heterocycles. The third kappa shape index (κ3) is 2.06. The molecule has 0 saturated carbocycles. The van der Waals surface area contributed by atoms with Crippen molar-refractivity contribution in [2.24, 2.45) is 0 Å². The Kier molecular flexibility index (Phi) is 2.60. The summed E-state index contributed by atoms with van der Waals surface area (Å²) >= 11 is 0. The number of rotatable bonds is 3. The smallest absolute Gasteiger partial charge is 0.240 e. The minimum atomic E-state index is 0.304. The van der Waals surface area contributed by atoms with E-state index in [9.17, 15) is 0 Å². The van der Waals surface area contributed by atoms with Crippen LogP contribution in [-0.2, 0) is 13.0 Å². The van der Waals surface area contributed by atoms with E-state index in [0.717, 1.165) is 18.5 Å². The predicted molar refractivity (Wildman–Crippen MR) is 61.2 cm³/mol. The monoisotopic (exact) mass is 230 g/mol. The Morgan fingerprint density at radius 2 is 2.47 bits per heavy atom. The van der Waals surface area contributed by atoms with Crippen molar-refractivity contribution in [3.8, 4) is 0 Å². The van der Waals surface area contributed by atoms with Gasteiger partial charge in [0.05, 0.1) is 18.3 Å². The quantitative estimate of drug-likeness (QED) is 0.866. The fraction of sp³-hybridized carbons (Fsp3) is 0.417. The van der Waals surface area contributed by atoms with E-state index in [-0.39, 0.29) is 0 Å². The molecule has 0 radical (unpaired) electrons. The zero-order valence-electron chi connectivity index (χ0n) is 9.68. The zero-order chi connectivity index (χ0) is 11.7. The molecule has 5 heteroatoms. The Morgan fingerprint density at radius 3 is 3.29 bits per heavy atom. The average molecular weight is 230 g/mol. The molecule has 0 bridgehead atoms. The fourth-order valence-corrected chi connectivity index (χ4v) is 2.23. The minimum absolute atomic E-state index is 0.304. The lowest BCUT2D eigenvalue weighted by molar-refractivity contribution is 0.353. The lowest BCUT2D eigenvalue weighted by Gasteiger charge is -2.10. The van der Waals surface area contributed by atoms with Crippen molar-refractivity contribution in [3.63, 3.8) is 0 Å². The van der Waals surface area contributed by atoms with Gasteiger partial charge in [-0.25, -0.2) is 0 Å². The third-order valence-corrected chi connectivity index (χ3v) is 3.03. The highest BCUT2D eigenvalue weighted by Gasteiger charge is 2.23. The van der Waals surface area contributed by atoms with Gasteiger partial charge in [-0.3, -0.25) is 4.98 Å². The van der Waals surface area contributed by atoms with Gasteiger partial charge in [0.25, 0.3) is 0 Å². The van der Waals surface area contributed by atoms with Crippen LogP contribution in [0.2, 0.25) is 0 Å². The minimum Gasteiger partial charge on any atom is -0.338 e. The van der Waals surface area contributed by atoms with Crippen LogP contribution >= 0.6 is 0 Å². The van der Waals surface area contributed by atoms with E-state index in [1.54, 1.807) is 0 Å². The maximum atomic E-state index is 5.07. The molecule has 2 aromatic heterocycles. The largest absolute Gasteiger partial charge is 0.338 e. The Morgan fingerprint density at radius 1 is 1.53 bits per heavy atom. The molecule has 1 unspecified atom stereocenters. The van der Waals surface area contributed by atoms with Crippen molar-refractivity contribution in [2.75, 3.05) is 0 Å². The molecule has 0 spiro atoms. The first-order valence-electron chi connectivity index (χ1n) is 5.79. The summed E-state index contributed by atoms with van der Waals surface area (Å²) in [6.45, 7) is 2.42. The van der Waals surface area contributed by atoms with Crippen LogP contribution in [0.25, 0.3) is 0 Å². The summed E-state index contributed by atoms with van der Waals surface area (Å²) in [6.07, 6.45) is 4.01. The van der Waals surface area contributed by atoms with Crippen LogP contribution in [0.3, 0.4) is 0 Å². The first kappa shape index (κ1) is 10.4. The molecule has 2 aromatic rings. The molecule has 0 fully saturated rings. The molecule has 0 amide bonds. The highest BCUT2D eigenvalue weighted by atomic mass is 16.5. The second-order valence-corrected chi connectivity index (χ2v) is 4.26. The van der Waals surface area contributed by atoms with Crippen molar-refractivity contribution in [1.82, 2.24) is 20.4 Å². The van der Waals surface area contributed by atoms with Crippen LogP contribution in [0.4, 0.5) is 0 Å². The van der Waals surface area contributed by atoms with Crippen LogP contribution in [-0.4, -0.2) is 15.1 Å². The molecule has 1 N–H and O–H groups in total. The summed E-state index contributed by atoms with van der Waals surface area (Å²) in [5.74, 6) is 1.30. The first-order chi connectivity index (χ1) is 8.33. The Labute approximate surface area is 99.3 Å². The topological polar surface area (TPSA) is 63.8 Å². The van der Waals surface area contributed by atoms with E-state index in [0.29, 0.717) is 24.3 Å². The van der Waals surface area contributed by atoms with Gasteiger partial charge in [-0.05, 0) is 31.4 Å². The van der Waals surface area contributed by atoms with Crippen molar-refractivity contribution < 1.29 is 4.52 Å². The molecule has 0 aromatic carbocycles. The van der Waals surface area contributed by atoms with E-state index in [4.69, 9.17) is 4.52 Å². The Balaban J connectivity index is 1.68. The van der Waals surface area contributed by atoms with Crippen molar-refractivity contribution in [3.05, 3.63) is 41.3 Å². The van der Waals surface area contributed by atoms with Crippen molar-refractivity contribution >= 4 is 0 Å². The van der Waals surface area contributed by atoms with E-state index < -0.39 is 0 Å². The summed E-state index contributed by atoms with van der Waals surface area (Å²) in [5, 5.41) is 7.17. The Hall–Kier alpha value is -1.75. The lowest BCUT2D eigenvalue weighted by atomic mass is 10.2. The number of hydrogen-bond donors (Lipinski definition) is 1. The maximum absolute atomic E-state index is 5.07. The van der Waals surface area contributed by atoms with Gasteiger partial charge in [0.1, 0.15) is 0 Å². The molecular formula is C12H14N4O. The molecule has 5 nitrogen and oxygen atoms in total. The van der Waals surface area contributed by atoms with E-state index >= 15 is 0 Å². The van der Waals surface area contributed by atoms with E-state index in [2.05, 4.69) is 26.5 Å². The number of fused-ring (bicyclic) bond motifs is 1. The molecule has 88 valence electrons. The van der Waals surface area contributed by atoms with Crippen LogP contribution in [0.1, 0.15) is 35.4 Å². The first-order valence-corrected chi connectivity index (χ1v) is 5.79. The molecule has 3 rings (SSSR count). The van der Waals surface area contributed by atoms with Gasteiger partial charge in [0, 0.05) is 6.20 Å². The van der Waals surface area contributed by atoms with Crippen LogP contribution in [0, 0.1) is 6.92 Å². The molecule has 17 heavy (non-hydrogen) atoms. The van der Waals surface area contributed by atoms with Gasteiger partial charge in [-0.1, -0.05) is 11.2 Å². The number of pyridine rings is 1. The number of nitrogens with zero attached hydrogens (tertiary/aromatic N) is 3.